The minimum atomic E-state index is 0.0132. The Morgan fingerprint density at radius 2 is 2.20 bits per heavy atom. The predicted molar refractivity (Wildman–Crippen MR) is 62.3 cm³/mol. The summed E-state index contributed by atoms with van der Waals surface area (Å²) in [4.78, 5) is 11.8. The normalized spacial score (nSPS) is 20.0. The van der Waals surface area contributed by atoms with Crippen LogP contribution in [0, 0.1) is 5.92 Å². The zero-order valence-corrected chi connectivity index (χ0v) is 10.4. The highest BCUT2D eigenvalue weighted by Crippen LogP contribution is 2.32. The number of fused-ring (bicyclic) bond motifs is 1. The third-order valence-corrected chi connectivity index (χ3v) is 3.15. The molecule has 1 aliphatic rings. The average Bonchev–Trinajstić information content (AvgIpc) is 2.16. The summed E-state index contributed by atoms with van der Waals surface area (Å²) in [6.45, 7) is 4.14. The number of ketones is 1. The largest absolute Gasteiger partial charge is 0.489 e. The van der Waals surface area contributed by atoms with Gasteiger partial charge in [0.05, 0.1) is 5.56 Å². The van der Waals surface area contributed by atoms with Crippen molar-refractivity contribution in [3.05, 3.63) is 28.2 Å². The van der Waals surface area contributed by atoms with E-state index in [1.807, 2.05) is 18.2 Å². The molecule has 2 rings (SSSR count). The molecule has 3 heteroatoms. The van der Waals surface area contributed by atoms with Crippen LogP contribution in [-0.2, 0) is 0 Å². The molecule has 0 aromatic heterocycles. The van der Waals surface area contributed by atoms with E-state index in [2.05, 4.69) is 29.8 Å². The van der Waals surface area contributed by atoms with Gasteiger partial charge in [-0.2, -0.15) is 0 Å². The number of halogens is 1. The van der Waals surface area contributed by atoms with Crippen molar-refractivity contribution in [3.63, 3.8) is 0 Å². The smallest absolute Gasteiger partial charge is 0.170 e. The van der Waals surface area contributed by atoms with Gasteiger partial charge in [0.1, 0.15) is 11.9 Å². The van der Waals surface area contributed by atoms with Crippen molar-refractivity contribution in [1.82, 2.24) is 0 Å². The van der Waals surface area contributed by atoms with E-state index >= 15 is 0 Å². The Morgan fingerprint density at radius 3 is 2.87 bits per heavy atom. The van der Waals surface area contributed by atoms with Crippen molar-refractivity contribution in [2.24, 2.45) is 5.92 Å². The molecule has 80 valence electrons. The summed E-state index contributed by atoms with van der Waals surface area (Å²) in [6.07, 6.45) is 0.506. The molecule has 0 N–H and O–H groups in total. The van der Waals surface area contributed by atoms with Gasteiger partial charge in [0, 0.05) is 10.9 Å². The zero-order chi connectivity index (χ0) is 11.0. The van der Waals surface area contributed by atoms with Crippen LogP contribution in [0.5, 0.6) is 5.75 Å². The van der Waals surface area contributed by atoms with Gasteiger partial charge in [0.2, 0.25) is 0 Å². The molecular formula is C12H13BrO2. The number of rotatable bonds is 1. The Morgan fingerprint density at radius 1 is 1.47 bits per heavy atom. The number of carbonyl (C=O) groups excluding carboxylic acids is 1. The molecule has 0 radical (unpaired) electrons. The van der Waals surface area contributed by atoms with Crippen LogP contribution in [0.15, 0.2) is 22.7 Å². The van der Waals surface area contributed by atoms with Gasteiger partial charge in [-0.25, -0.2) is 0 Å². The number of hydrogen-bond acceptors (Lipinski definition) is 2. The third-order valence-electron chi connectivity index (χ3n) is 2.65. The first-order chi connectivity index (χ1) is 7.08. The van der Waals surface area contributed by atoms with Crippen molar-refractivity contribution < 1.29 is 9.53 Å². The third kappa shape index (κ3) is 2.07. The zero-order valence-electron chi connectivity index (χ0n) is 8.79. The van der Waals surface area contributed by atoms with E-state index in [9.17, 15) is 4.79 Å². The highest BCUT2D eigenvalue weighted by Gasteiger charge is 2.28. The topological polar surface area (TPSA) is 26.3 Å². The van der Waals surface area contributed by atoms with Crippen LogP contribution in [0.4, 0.5) is 0 Å². The monoisotopic (exact) mass is 268 g/mol. The Kier molecular flexibility index (Phi) is 2.83. The number of Topliss-reactive ketones (excluding diaryl/α,β-unsaturated/α-hetero) is 1. The second-order valence-corrected chi connectivity index (χ2v) is 5.08. The lowest BCUT2D eigenvalue weighted by atomic mass is 9.95. The van der Waals surface area contributed by atoms with Gasteiger partial charge in [-0.05, 0) is 24.1 Å². The number of carbonyl (C=O) groups is 1. The van der Waals surface area contributed by atoms with Crippen LogP contribution in [0.1, 0.15) is 30.6 Å². The van der Waals surface area contributed by atoms with Crippen molar-refractivity contribution in [2.45, 2.75) is 26.4 Å². The summed E-state index contributed by atoms with van der Waals surface area (Å²) in [6, 6.07) is 5.55. The molecule has 0 aliphatic carbocycles. The molecule has 0 saturated carbocycles. The lowest BCUT2D eigenvalue weighted by molar-refractivity contribution is 0.0772. The molecule has 0 spiro atoms. The SMILES string of the molecule is CC(C)C1CC(=O)c2ccc(Br)cc2O1. The van der Waals surface area contributed by atoms with Crippen LogP contribution < -0.4 is 4.74 Å². The Balaban J connectivity index is 2.37. The molecule has 1 aromatic rings. The van der Waals surface area contributed by atoms with Crippen molar-refractivity contribution in [3.8, 4) is 5.75 Å². The average molecular weight is 269 g/mol. The van der Waals surface area contributed by atoms with E-state index in [4.69, 9.17) is 4.74 Å². The van der Waals surface area contributed by atoms with Crippen LogP contribution in [-0.4, -0.2) is 11.9 Å². The highest BCUT2D eigenvalue weighted by molar-refractivity contribution is 9.10. The van der Waals surface area contributed by atoms with Gasteiger partial charge in [-0.15, -0.1) is 0 Å². The summed E-state index contributed by atoms with van der Waals surface area (Å²) in [5, 5.41) is 0. The molecular weight excluding hydrogens is 256 g/mol. The molecule has 0 bridgehead atoms. The van der Waals surface area contributed by atoms with Gasteiger partial charge >= 0.3 is 0 Å². The number of benzene rings is 1. The Bertz CT molecular complexity index is 399. The molecule has 1 aromatic carbocycles. The maximum atomic E-state index is 11.8. The summed E-state index contributed by atoms with van der Waals surface area (Å²) >= 11 is 3.38. The quantitative estimate of drug-likeness (QED) is 0.780. The van der Waals surface area contributed by atoms with E-state index in [0.29, 0.717) is 23.7 Å². The molecule has 0 fully saturated rings. The Labute approximate surface area is 97.8 Å². The second kappa shape index (κ2) is 3.97. The highest BCUT2D eigenvalue weighted by atomic mass is 79.9. The van der Waals surface area contributed by atoms with Crippen LogP contribution in [0.2, 0.25) is 0 Å². The maximum absolute atomic E-state index is 11.8. The lowest BCUT2D eigenvalue weighted by Crippen LogP contribution is -2.31. The van der Waals surface area contributed by atoms with Crippen LogP contribution >= 0.6 is 15.9 Å². The minimum absolute atomic E-state index is 0.0132. The summed E-state index contributed by atoms with van der Waals surface area (Å²) in [5.74, 6) is 1.25. The standard InChI is InChI=1S/C12H13BrO2/c1-7(2)11-6-10(14)9-4-3-8(13)5-12(9)15-11/h3-5,7,11H,6H2,1-2H3. The van der Waals surface area contributed by atoms with E-state index < -0.39 is 0 Å². The first kappa shape index (κ1) is 10.7. The lowest BCUT2D eigenvalue weighted by Gasteiger charge is -2.27. The Hall–Kier alpha value is -0.830. The minimum Gasteiger partial charge on any atom is -0.489 e. The number of ether oxygens (including phenoxy) is 1. The molecule has 1 heterocycles. The molecule has 1 unspecified atom stereocenters. The fraction of sp³-hybridized carbons (Fsp3) is 0.417. The van der Waals surface area contributed by atoms with E-state index in [1.54, 1.807) is 0 Å². The molecule has 2 nitrogen and oxygen atoms in total. The fourth-order valence-corrected chi connectivity index (χ4v) is 2.03. The van der Waals surface area contributed by atoms with Gasteiger partial charge in [-0.1, -0.05) is 29.8 Å². The molecule has 0 amide bonds. The van der Waals surface area contributed by atoms with Crippen molar-refractivity contribution in [1.29, 1.82) is 0 Å². The van der Waals surface area contributed by atoms with Crippen LogP contribution in [0.25, 0.3) is 0 Å². The van der Waals surface area contributed by atoms with Gasteiger partial charge in [-0.3, -0.25) is 4.79 Å². The van der Waals surface area contributed by atoms with E-state index in [0.717, 1.165) is 4.47 Å². The van der Waals surface area contributed by atoms with Gasteiger partial charge < -0.3 is 4.74 Å². The molecule has 0 saturated heterocycles. The molecule has 15 heavy (non-hydrogen) atoms. The van der Waals surface area contributed by atoms with Gasteiger partial charge in [0.25, 0.3) is 0 Å². The summed E-state index contributed by atoms with van der Waals surface area (Å²) < 4.78 is 6.74. The van der Waals surface area contributed by atoms with Crippen molar-refractivity contribution >= 4 is 21.7 Å². The fourth-order valence-electron chi connectivity index (χ4n) is 1.69. The summed E-state index contributed by atoms with van der Waals surface area (Å²) in [5.41, 5.74) is 0.704. The molecule has 1 atom stereocenters. The summed E-state index contributed by atoms with van der Waals surface area (Å²) in [7, 11) is 0. The van der Waals surface area contributed by atoms with E-state index in [-0.39, 0.29) is 11.9 Å². The maximum Gasteiger partial charge on any atom is 0.170 e. The second-order valence-electron chi connectivity index (χ2n) is 4.17. The number of hydrogen-bond donors (Lipinski definition) is 0. The molecule has 1 aliphatic heterocycles. The van der Waals surface area contributed by atoms with Crippen molar-refractivity contribution in [2.75, 3.05) is 0 Å². The van der Waals surface area contributed by atoms with E-state index in [1.165, 1.54) is 0 Å². The first-order valence-corrected chi connectivity index (χ1v) is 5.86. The predicted octanol–water partition coefficient (Wildman–Crippen LogP) is 3.44. The van der Waals surface area contributed by atoms with Crippen LogP contribution in [0.3, 0.4) is 0 Å². The first-order valence-electron chi connectivity index (χ1n) is 5.07. The van der Waals surface area contributed by atoms with Gasteiger partial charge in [0.15, 0.2) is 5.78 Å².